The molecular formula is C22H38. The smallest absolute Gasteiger partial charge is 0.0259 e. The van der Waals surface area contributed by atoms with Crippen LogP contribution in [0.5, 0.6) is 0 Å². The molecule has 4 aliphatic carbocycles. The second kappa shape index (κ2) is 5.00. The molecule has 0 amide bonds. The van der Waals surface area contributed by atoms with Crippen molar-refractivity contribution in [1.29, 1.82) is 0 Å². The highest BCUT2D eigenvalue weighted by Crippen LogP contribution is 2.72. The molecule has 22 heavy (non-hydrogen) atoms. The Morgan fingerprint density at radius 1 is 0.682 bits per heavy atom. The van der Waals surface area contributed by atoms with Gasteiger partial charge >= 0.3 is 0 Å². The van der Waals surface area contributed by atoms with Crippen molar-refractivity contribution < 1.29 is 0 Å². The zero-order valence-corrected chi connectivity index (χ0v) is 15.6. The van der Waals surface area contributed by atoms with Gasteiger partial charge in [-0.15, -0.1) is 0 Å². The van der Waals surface area contributed by atoms with Crippen LogP contribution in [0.4, 0.5) is 0 Å². The van der Waals surface area contributed by atoms with Crippen LogP contribution in [-0.4, -0.2) is 0 Å². The summed E-state index contributed by atoms with van der Waals surface area (Å²) in [4.78, 5) is 0. The van der Waals surface area contributed by atoms with E-state index in [1.807, 2.05) is 0 Å². The minimum Gasteiger partial charge on any atom is -0.0651 e. The molecular weight excluding hydrogens is 264 g/mol. The average molecular weight is 303 g/mol. The summed E-state index contributed by atoms with van der Waals surface area (Å²) in [6, 6.07) is 0. The van der Waals surface area contributed by atoms with E-state index in [2.05, 4.69) is 27.7 Å². The standard InChI is InChI=1S/C22H38/c1-5-16-9-10-18-21(16,3)15-12-19-20(2)13-7-6-8-17(20)11-14-22(18,19)4/h16-19H,5-15H2,1-4H3. The van der Waals surface area contributed by atoms with Crippen molar-refractivity contribution in [2.75, 3.05) is 0 Å². The van der Waals surface area contributed by atoms with E-state index >= 15 is 0 Å². The van der Waals surface area contributed by atoms with Crippen LogP contribution in [0, 0.1) is 39.9 Å². The Morgan fingerprint density at radius 3 is 2.18 bits per heavy atom. The largest absolute Gasteiger partial charge is 0.0651 e. The quantitative estimate of drug-likeness (QED) is 0.497. The van der Waals surface area contributed by atoms with E-state index in [1.165, 1.54) is 25.7 Å². The van der Waals surface area contributed by atoms with Crippen molar-refractivity contribution in [3.8, 4) is 0 Å². The van der Waals surface area contributed by atoms with E-state index in [4.69, 9.17) is 0 Å². The van der Waals surface area contributed by atoms with Crippen molar-refractivity contribution >= 4 is 0 Å². The van der Waals surface area contributed by atoms with E-state index in [-0.39, 0.29) is 0 Å². The number of hydrogen-bond donors (Lipinski definition) is 0. The van der Waals surface area contributed by atoms with Crippen LogP contribution in [0.15, 0.2) is 0 Å². The minimum absolute atomic E-state index is 0.666. The number of hydrogen-bond acceptors (Lipinski definition) is 0. The topological polar surface area (TPSA) is 0 Å². The first-order valence-electron chi connectivity index (χ1n) is 10.4. The van der Waals surface area contributed by atoms with Crippen molar-refractivity contribution in [3.05, 3.63) is 0 Å². The van der Waals surface area contributed by atoms with Crippen molar-refractivity contribution in [1.82, 2.24) is 0 Å². The molecule has 0 radical (unpaired) electrons. The molecule has 7 atom stereocenters. The molecule has 4 aliphatic rings. The molecule has 0 saturated heterocycles. The first-order valence-corrected chi connectivity index (χ1v) is 10.4. The molecule has 0 aromatic carbocycles. The maximum absolute atomic E-state index is 2.74. The molecule has 0 spiro atoms. The first-order chi connectivity index (χ1) is 10.4. The summed E-state index contributed by atoms with van der Waals surface area (Å²) in [6.07, 6.45) is 16.8. The van der Waals surface area contributed by atoms with Gasteiger partial charge in [0.15, 0.2) is 0 Å². The molecule has 0 aromatic rings. The Morgan fingerprint density at radius 2 is 1.41 bits per heavy atom. The van der Waals surface area contributed by atoms with Crippen LogP contribution in [0.3, 0.4) is 0 Å². The Bertz CT molecular complexity index is 439. The summed E-state index contributed by atoms with van der Waals surface area (Å²) < 4.78 is 0. The molecule has 0 heteroatoms. The summed E-state index contributed by atoms with van der Waals surface area (Å²) in [6.45, 7) is 10.6. The molecule has 4 saturated carbocycles. The Balaban J connectivity index is 1.70. The van der Waals surface area contributed by atoms with Crippen LogP contribution >= 0.6 is 0 Å². The van der Waals surface area contributed by atoms with E-state index in [0.717, 1.165) is 23.7 Å². The summed E-state index contributed by atoms with van der Waals surface area (Å²) in [7, 11) is 0. The fraction of sp³-hybridized carbons (Fsp3) is 1.00. The fourth-order valence-corrected chi connectivity index (χ4v) is 8.75. The zero-order chi connectivity index (χ0) is 15.6. The van der Waals surface area contributed by atoms with Crippen LogP contribution in [0.2, 0.25) is 0 Å². The fourth-order valence-electron chi connectivity index (χ4n) is 8.75. The molecule has 4 rings (SSSR count). The lowest BCUT2D eigenvalue weighted by Gasteiger charge is -2.65. The van der Waals surface area contributed by atoms with Gasteiger partial charge in [0.25, 0.3) is 0 Å². The predicted octanol–water partition coefficient (Wildman–Crippen LogP) is 6.84. The van der Waals surface area contributed by atoms with Gasteiger partial charge in [0.2, 0.25) is 0 Å². The lowest BCUT2D eigenvalue weighted by Crippen LogP contribution is -2.58. The molecule has 0 N–H and O–H groups in total. The van der Waals surface area contributed by atoms with Gasteiger partial charge in [0, 0.05) is 0 Å². The Kier molecular flexibility index (Phi) is 3.53. The maximum atomic E-state index is 2.74. The monoisotopic (exact) mass is 302 g/mol. The van der Waals surface area contributed by atoms with Crippen LogP contribution < -0.4 is 0 Å². The van der Waals surface area contributed by atoms with Crippen molar-refractivity contribution in [2.45, 2.75) is 98.3 Å². The van der Waals surface area contributed by atoms with E-state index in [9.17, 15) is 0 Å². The number of rotatable bonds is 1. The third-order valence-electron chi connectivity index (χ3n) is 9.87. The molecule has 0 heterocycles. The van der Waals surface area contributed by atoms with E-state index in [0.29, 0.717) is 16.2 Å². The van der Waals surface area contributed by atoms with Gasteiger partial charge in [-0.25, -0.2) is 0 Å². The van der Waals surface area contributed by atoms with Crippen LogP contribution in [0.25, 0.3) is 0 Å². The van der Waals surface area contributed by atoms with E-state index in [1.54, 1.807) is 44.9 Å². The molecule has 0 nitrogen and oxygen atoms in total. The highest BCUT2D eigenvalue weighted by Gasteiger charge is 2.64. The first kappa shape index (κ1) is 15.5. The third kappa shape index (κ3) is 1.82. The van der Waals surface area contributed by atoms with Gasteiger partial charge in [0.1, 0.15) is 0 Å². The third-order valence-corrected chi connectivity index (χ3v) is 9.87. The molecule has 7 unspecified atom stereocenters. The summed E-state index contributed by atoms with van der Waals surface area (Å²) in [5, 5.41) is 0. The number of fused-ring (bicyclic) bond motifs is 5. The molecule has 0 bridgehead atoms. The van der Waals surface area contributed by atoms with Gasteiger partial charge in [-0.2, -0.15) is 0 Å². The van der Waals surface area contributed by atoms with Crippen LogP contribution in [0.1, 0.15) is 98.3 Å². The van der Waals surface area contributed by atoms with Gasteiger partial charge in [0.05, 0.1) is 0 Å². The van der Waals surface area contributed by atoms with Crippen molar-refractivity contribution in [3.63, 3.8) is 0 Å². The second-order valence-electron chi connectivity index (χ2n) is 10.3. The van der Waals surface area contributed by atoms with Crippen molar-refractivity contribution in [2.24, 2.45) is 39.9 Å². The summed E-state index contributed by atoms with van der Waals surface area (Å²) in [5.74, 6) is 4.15. The zero-order valence-electron chi connectivity index (χ0n) is 15.6. The van der Waals surface area contributed by atoms with E-state index < -0.39 is 0 Å². The molecule has 0 aromatic heterocycles. The molecule has 126 valence electrons. The average Bonchev–Trinajstić information content (AvgIpc) is 2.84. The Hall–Kier alpha value is 0. The molecule has 0 aliphatic heterocycles. The van der Waals surface area contributed by atoms with Gasteiger partial charge < -0.3 is 0 Å². The molecule has 4 fully saturated rings. The second-order valence-corrected chi connectivity index (χ2v) is 10.3. The lowest BCUT2D eigenvalue weighted by molar-refractivity contribution is -0.164. The SMILES string of the molecule is CCC1CCC2C1(C)CCC1C3(C)CCCCC3CCC21C. The summed E-state index contributed by atoms with van der Waals surface area (Å²) >= 11 is 0. The highest BCUT2D eigenvalue weighted by molar-refractivity contribution is 5.13. The highest BCUT2D eigenvalue weighted by atomic mass is 14.7. The normalized spacial score (nSPS) is 57.8. The summed E-state index contributed by atoms with van der Waals surface area (Å²) in [5.41, 5.74) is 2.04. The maximum Gasteiger partial charge on any atom is -0.0259 e. The van der Waals surface area contributed by atoms with Gasteiger partial charge in [-0.1, -0.05) is 47.0 Å². The predicted molar refractivity (Wildman–Crippen MR) is 94.7 cm³/mol. The lowest BCUT2D eigenvalue weighted by atomic mass is 9.39. The minimum atomic E-state index is 0.666. The van der Waals surface area contributed by atoms with Gasteiger partial charge in [-0.05, 0) is 91.3 Å². The van der Waals surface area contributed by atoms with Crippen LogP contribution in [-0.2, 0) is 0 Å². The Labute approximate surface area is 138 Å². The van der Waals surface area contributed by atoms with Gasteiger partial charge in [-0.3, -0.25) is 0 Å².